The average Bonchev–Trinajstić information content (AvgIpc) is 3.29. The van der Waals surface area contributed by atoms with Crippen LogP contribution in [0.25, 0.3) is 33.0 Å². The van der Waals surface area contributed by atoms with Gasteiger partial charge in [-0.15, -0.1) is 0 Å². The van der Waals surface area contributed by atoms with Crippen molar-refractivity contribution >= 4 is 33.6 Å². The first-order valence-corrected chi connectivity index (χ1v) is 13.7. The number of benzene rings is 6. The van der Waals surface area contributed by atoms with Crippen LogP contribution in [0.1, 0.15) is 22.3 Å². The molecule has 0 spiro atoms. The molecule has 0 saturated carbocycles. The first-order chi connectivity index (χ1) is 19.7. The molecular formula is C38H28N2. The Balaban J connectivity index is 1.49. The van der Waals surface area contributed by atoms with Gasteiger partial charge in [0.05, 0.1) is 22.8 Å². The Kier molecular flexibility index (Phi) is 5.94. The molecule has 7 rings (SSSR count). The van der Waals surface area contributed by atoms with Gasteiger partial charge in [0.1, 0.15) is 0 Å². The molecule has 0 aliphatic heterocycles. The Morgan fingerprint density at radius 1 is 0.400 bits per heavy atom. The summed E-state index contributed by atoms with van der Waals surface area (Å²) in [7, 11) is 0. The topological polar surface area (TPSA) is 24.7 Å². The predicted molar refractivity (Wildman–Crippen MR) is 170 cm³/mol. The molecule has 0 N–H and O–H groups in total. The number of hydrogen-bond acceptors (Lipinski definition) is 2. The molecule has 2 nitrogen and oxygen atoms in total. The first-order valence-electron chi connectivity index (χ1n) is 13.7. The third kappa shape index (κ3) is 4.24. The highest BCUT2D eigenvalue weighted by atomic mass is 14.8. The van der Waals surface area contributed by atoms with Gasteiger partial charge in [-0.2, -0.15) is 0 Å². The molecule has 0 fully saturated rings. The minimum absolute atomic E-state index is 0.910. The van der Waals surface area contributed by atoms with E-state index in [-0.39, 0.29) is 0 Å². The summed E-state index contributed by atoms with van der Waals surface area (Å²) in [4.78, 5) is 10.8. The molecule has 0 radical (unpaired) electrons. The van der Waals surface area contributed by atoms with Crippen LogP contribution in [0.4, 0.5) is 11.4 Å². The Hall–Kier alpha value is -5.08. The van der Waals surface area contributed by atoms with E-state index in [2.05, 4.69) is 147 Å². The van der Waals surface area contributed by atoms with Gasteiger partial charge in [0.25, 0.3) is 0 Å². The second-order valence-electron chi connectivity index (χ2n) is 10.4. The predicted octanol–water partition coefficient (Wildman–Crippen LogP) is 10.0. The maximum absolute atomic E-state index is 5.40. The number of hydrogen-bond donors (Lipinski definition) is 0. The third-order valence-electron chi connectivity index (χ3n) is 7.58. The van der Waals surface area contributed by atoms with Crippen LogP contribution in [-0.2, 0) is 0 Å². The first kappa shape index (κ1) is 24.0. The molecule has 0 heterocycles. The van der Waals surface area contributed by atoms with Crippen molar-refractivity contribution in [3.05, 3.63) is 156 Å². The number of nitrogens with zero attached hydrogens (tertiary/aromatic N) is 2. The van der Waals surface area contributed by atoms with Gasteiger partial charge < -0.3 is 0 Å². The number of aryl methyl sites for hydroxylation is 2. The van der Waals surface area contributed by atoms with Crippen LogP contribution in [0, 0.1) is 13.8 Å². The van der Waals surface area contributed by atoms with Crippen molar-refractivity contribution in [3.63, 3.8) is 0 Å². The van der Waals surface area contributed by atoms with Crippen LogP contribution in [-0.4, -0.2) is 11.4 Å². The van der Waals surface area contributed by atoms with Crippen LogP contribution in [0.2, 0.25) is 0 Å². The van der Waals surface area contributed by atoms with Gasteiger partial charge in [-0.05, 0) is 54.6 Å². The fraction of sp³-hybridized carbons (Fsp3) is 0.0526. The molecule has 0 saturated heterocycles. The zero-order valence-electron chi connectivity index (χ0n) is 22.6. The SMILES string of the molecule is Cc1ccc(N=C2C(=Nc3ccc(C)cc3-c3ccccc3)c3cccc4cccc2c34)c(-c2ccccc2)c1. The van der Waals surface area contributed by atoms with Crippen LogP contribution in [0.15, 0.2) is 143 Å². The molecule has 0 bridgehead atoms. The van der Waals surface area contributed by atoms with Gasteiger partial charge in [-0.1, -0.05) is 120 Å². The van der Waals surface area contributed by atoms with Crippen LogP contribution < -0.4 is 0 Å². The maximum Gasteiger partial charge on any atom is 0.0979 e. The summed E-state index contributed by atoms with van der Waals surface area (Å²) in [6.45, 7) is 4.26. The van der Waals surface area contributed by atoms with Crippen LogP contribution >= 0.6 is 0 Å². The highest BCUT2D eigenvalue weighted by Gasteiger charge is 2.28. The maximum atomic E-state index is 5.40. The van der Waals surface area contributed by atoms with Crippen molar-refractivity contribution in [2.75, 3.05) is 0 Å². The van der Waals surface area contributed by atoms with E-state index in [1.54, 1.807) is 0 Å². The van der Waals surface area contributed by atoms with Crippen molar-refractivity contribution in [2.24, 2.45) is 9.98 Å². The lowest BCUT2D eigenvalue weighted by atomic mass is 10.0. The van der Waals surface area contributed by atoms with Crippen molar-refractivity contribution in [2.45, 2.75) is 13.8 Å². The van der Waals surface area contributed by atoms with E-state index in [0.29, 0.717) is 0 Å². The zero-order chi connectivity index (χ0) is 27.1. The molecule has 0 atom stereocenters. The van der Waals surface area contributed by atoms with Gasteiger partial charge in [-0.25, -0.2) is 9.98 Å². The van der Waals surface area contributed by atoms with Crippen molar-refractivity contribution < 1.29 is 0 Å². The molecule has 190 valence electrons. The van der Waals surface area contributed by atoms with Crippen LogP contribution in [0.5, 0.6) is 0 Å². The van der Waals surface area contributed by atoms with Gasteiger partial charge in [0.2, 0.25) is 0 Å². The number of rotatable bonds is 4. The summed E-state index contributed by atoms with van der Waals surface area (Å²) in [5, 5.41) is 2.41. The van der Waals surface area contributed by atoms with E-state index < -0.39 is 0 Å². The van der Waals surface area contributed by atoms with E-state index >= 15 is 0 Å². The monoisotopic (exact) mass is 512 g/mol. The lowest BCUT2D eigenvalue weighted by Gasteiger charge is -2.11. The minimum atomic E-state index is 0.910. The van der Waals surface area contributed by atoms with Crippen molar-refractivity contribution in [1.29, 1.82) is 0 Å². The fourth-order valence-electron chi connectivity index (χ4n) is 5.65. The highest BCUT2D eigenvalue weighted by molar-refractivity contribution is 6.61. The lowest BCUT2D eigenvalue weighted by Crippen LogP contribution is -2.10. The Morgan fingerprint density at radius 2 is 0.850 bits per heavy atom. The molecule has 2 heteroatoms. The van der Waals surface area contributed by atoms with Gasteiger partial charge >= 0.3 is 0 Å². The van der Waals surface area contributed by atoms with Crippen molar-refractivity contribution in [3.8, 4) is 22.3 Å². The molecule has 0 aromatic heterocycles. The van der Waals surface area contributed by atoms with E-state index in [1.165, 1.54) is 21.9 Å². The van der Waals surface area contributed by atoms with E-state index in [4.69, 9.17) is 9.98 Å². The summed E-state index contributed by atoms with van der Waals surface area (Å²) in [6, 6.07) is 46.9. The Morgan fingerprint density at radius 3 is 1.30 bits per heavy atom. The van der Waals surface area contributed by atoms with Crippen LogP contribution in [0.3, 0.4) is 0 Å². The second kappa shape index (κ2) is 9.91. The van der Waals surface area contributed by atoms with Crippen molar-refractivity contribution in [1.82, 2.24) is 0 Å². The van der Waals surface area contributed by atoms with Gasteiger partial charge in [-0.3, -0.25) is 0 Å². The molecule has 6 aromatic carbocycles. The summed E-state index contributed by atoms with van der Waals surface area (Å²) >= 11 is 0. The summed E-state index contributed by atoms with van der Waals surface area (Å²) in [5.74, 6) is 0. The van der Waals surface area contributed by atoms with Gasteiger partial charge in [0.15, 0.2) is 0 Å². The minimum Gasteiger partial charge on any atom is -0.245 e. The summed E-state index contributed by atoms with van der Waals surface area (Å²) < 4.78 is 0. The van der Waals surface area contributed by atoms with Gasteiger partial charge in [0, 0.05) is 27.6 Å². The molecule has 0 amide bonds. The normalized spacial score (nSPS) is 14.3. The quantitative estimate of drug-likeness (QED) is 0.224. The summed E-state index contributed by atoms with van der Waals surface area (Å²) in [5.41, 5.74) is 12.9. The zero-order valence-corrected chi connectivity index (χ0v) is 22.6. The average molecular weight is 513 g/mol. The smallest absolute Gasteiger partial charge is 0.0979 e. The molecule has 1 aliphatic carbocycles. The molecule has 0 unspecified atom stereocenters. The Bertz CT molecular complexity index is 1810. The summed E-state index contributed by atoms with van der Waals surface area (Å²) in [6.07, 6.45) is 0. The highest BCUT2D eigenvalue weighted by Crippen LogP contribution is 2.39. The molecule has 6 aromatic rings. The number of aliphatic imine (C=N–C) groups is 2. The molecule has 1 aliphatic rings. The molecular weight excluding hydrogens is 484 g/mol. The third-order valence-corrected chi connectivity index (χ3v) is 7.58. The van der Waals surface area contributed by atoms with E-state index in [0.717, 1.165) is 56.2 Å². The largest absolute Gasteiger partial charge is 0.245 e. The Labute approximate surface area is 235 Å². The molecule has 40 heavy (non-hydrogen) atoms. The van der Waals surface area contributed by atoms with E-state index in [9.17, 15) is 0 Å². The lowest BCUT2D eigenvalue weighted by molar-refractivity contribution is 1.42. The van der Waals surface area contributed by atoms with E-state index in [1.807, 2.05) is 0 Å². The standard InChI is InChI=1S/C38H28N2/c1-25-19-21-34(32(23-25)27-11-5-3-6-12-27)39-37-30-17-9-15-29-16-10-18-31(36(29)30)38(37)40-35-22-20-26(2)24-33(35)28-13-7-4-8-14-28/h3-24H,1-2H3. The fourth-order valence-corrected chi connectivity index (χ4v) is 5.65. The second-order valence-corrected chi connectivity index (χ2v) is 10.4.